The normalized spacial score (nSPS) is 24.1. The van der Waals surface area contributed by atoms with E-state index < -0.39 is 0 Å². The van der Waals surface area contributed by atoms with Crippen molar-refractivity contribution >= 4 is 5.69 Å². The number of nitrogen functional groups attached to an aromatic ring is 1. The lowest BCUT2D eigenvalue weighted by Gasteiger charge is -2.40. The van der Waals surface area contributed by atoms with Gasteiger partial charge in [0.15, 0.2) is 0 Å². The van der Waals surface area contributed by atoms with Crippen LogP contribution in [0.2, 0.25) is 0 Å². The van der Waals surface area contributed by atoms with Crippen molar-refractivity contribution in [3.8, 4) is 0 Å². The van der Waals surface area contributed by atoms with Crippen LogP contribution in [0.4, 0.5) is 5.69 Å². The Labute approximate surface area is 97.4 Å². The van der Waals surface area contributed by atoms with E-state index in [0.717, 1.165) is 18.3 Å². The molecule has 0 spiro atoms. The van der Waals surface area contributed by atoms with Crippen molar-refractivity contribution in [2.75, 3.05) is 12.3 Å². The molecule has 0 bridgehead atoms. The Bertz CT molecular complexity index is 419. The molecule has 1 saturated carbocycles. The van der Waals surface area contributed by atoms with Gasteiger partial charge in [-0.25, -0.2) is 0 Å². The van der Waals surface area contributed by atoms with E-state index in [0.29, 0.717) is 0 Å². The molecule has 3 rings (SSSR count). The van der Waals surface area contributed by atoms with Crippen LogP contribution in [0.1, 0.15) is 37.8 Å². The zero-order valence-electron chi connectivity index (χ0n) is 10.2. The summed E-state index contributed by atoms with van der Waals surface area (Å²) in [5.74, 6) is 0. The highest BCUT2D eigenvalue weighted by atomic mass is 15.2. The molecule has 1 aliphatic heterocycles. The standard InChI is InChI=1S/C14H20N2/c1-14(2)9-16(12-4-5-12)8-10-7-11(15)3-6-13(10)14/h3,6-7,12H,4-5,8-9,15H2,1-2H3. The second-order valence-corrected chi connectivity index (χ2v) is 5.94. The van der Waals surface area contributed by atoms with Crippen molar-refractivity contribution in [2.45, 2.75) is 44.7 Å². The van der Waals surface area contributed by atoms with Gasteiger partial charge in [0.1, 0.15) is 0 Å². The summed E-state index contributed by atoms with van der Waals surface area (Å²) in [4.78, 5) is 2.63. The molecule has 1 fully saturated rings. The fourth-order valence-corrected chi connectivity index (χ4v) is 2.97. The van der Waals surface area contributed by atoms with Crippen molar-refractivity contribution in [2.24, 2.45) is 0 Å². The van der Waals surface area contributed by atoms with Crippen LogP contribution in [0.3, 0.4) is 0 Å². The lowest BCUT2D eigenvalue weighted by Crippen LogP contribution is -2.43. The van der Waals surface area contributed by atoms with Gasteiger partial charge in [-0.15, -0.1) is 0 Å². The van der Waals surface area contributed by atoms with Gasteiger partial charge >= 0.3 is 0 Å². The van der Waals surface area contributed by atoms with Gasteiger partial charge in [0.05, 0.1) is 0 Å². The quantitative estimate of drug-likeness (QED) is 0.731. The first kappa shape index (κ1) is 10.2. The minimum absolute atomic E-state index is 0.268. The molecule has 0 atom stereocenters. The highest BCUT2D eigenvalue weighted by Gasteiger charge is 2.38. The highest BCUT2D eigenvalue weighted by Crippen LogP contribution is 2.39. The molecule has 0 amide bonds. The molecule has 0 unspecified atom stereocenters. The molecule has 0 saturated heterocycles. The van der Waals surface area contributed by atoms with Crippen molar-refractivity contribution < 1.29 is 0 Å². The summed E-state index contributed by atoms with van der Waals surface area (Å²) >= 11 is 0. The van der Waals surface area contributed by atoms with Gasteiger partial charge in [-0.3, -0.25) is 4.90 Å². The smallest absolute Gasteiger partial charge is 0.0317 e. The topological polar surface area (TPSA) is 29.3 Å². The summed E-state index contributed by atoms with van der Waals surface area (Å²) in [7, 11) is 0. The van der Waals surface area contributed by atoms with Gasteiger partial charge in [0, 0.05) is 30.2 Å². The molecule has 1 heterocycles. The van der Waals surface area contributed by atoms with Crippen LogP contribution in [0.25, 0.3) is 0 Å². The Morgan fingerprint density at radius 2 is 2.06 bits per heavy atom. The maximum absolute atomic E-state index is 5.89. The summed E-state index contributed by atoms with van der Waals surface area (Å²) in [6.45, 7) is 6.97. The Balaban J connectivity index is 2.01. The largest absolute Gasteiger partial charge is 0.399 e. The lowest BCUT2D eigenvalue weighted by atomic mass is 9.78. The Morgan fingerprint density at radius 3 is 2.75 bits per heavy atom. The number of nitrogens with zero attached hydrogens (tertiary/aromatic N) is 1. The van der Waals surface area contributed by atoms with Crippen molar-refractivity contribution in [3.05, 3.63) is 29.3 Å². The van der Waals surface area contributed by atoms with Crippen LogP contribution >= 0.6 is 0 Å². The fourth-order valence-electron chi connectivity index (χ4n) is 2.97. The molecule has 16 heavy (non-hydrogen) atoms. The van der Waals surface area contributed by atoms with E-state index in [1.807, 2.05) is 6.07 Å². The number of anilines is 1. The number of fused-ring (bicyclic) bond motifs is 1. The van der Waals surface area contributed by atoms with Crippen LogP contribution < -0.4 is 5.73 Å². The maximum Gasteiger partial charge on any atom is 0.0317 e. The fraction of sp³-hybridized carbons (Fsp3) is 0.571. The molecule has 1 aliphatic carbocycles. The number of rotatable bonds is 1. The monoisotopic (exact) mass is 216 g/mol. The van der Waals surface area contributed by atoms with Gasteiger partial charge in [-0.1, -0.05) is 19.9 Å². The summed E-state index contributed by atoms with van der Waals surface area (Å²) < 4.78 is 0. The van der Waals surface area contributed by atoms with Gasteiger partial charge in [0.2, 0.25) is 0 Å². The van der Waals surface area contributed by atoms with Gasteiger partial charge < -0.3 is 5.73 Å². The van der Waals surface area contributed by atoms with Crippen molar-refractivity contribution in [1.82, 2.24) is 4.90 Å². The molecule has 2 nitrogen and oxygen atoms in total. The van der Waals surface area contributed by atoms with E-state index in [1.165, 1.54) is 30.5 Å². The van der Waals surface area contributed by atoms with E-state index in [4.69, 9.17) is 5.73 Å². The third kappa shape index (κ3) is 1.61. The zero-order valence-corrected chi connectivity index (χ0v) is 10.2. The Kier molecular flexibility index (Phi) is 2.05. The number of hydrogen-bond donors (Lipinski definition) is 1. The van der Waals surface area contributed by atoms with Crippen LogP contribution in [-0.4, -0.2) is 17.5 Å². The molecule has 1 aromatic carbocycles. The van der Waals surface area contributed by atoms with Crippen molar-refractivity contribution in [3.63, 3.8) is 0 Å². The molecule has 2 heteroatoms. The zero-order chi connectivity index (χ0) is 11.3. The second-order valence-electron chi connectivity index (χ2n) is 5.94. The third-order valence-electron chi connectivity index (χ3n) is 3.89. The first-order chi connectivity index (χ1) is 7.56. The summed E-state index contributed by atoms with van der Waals surface area (Å²) in [6, 6.07) is 7.25. The minimum atomic E-state index is 0.268. The van der Waals surface area contributed by atoms with E-state index in [-0.39, 0.29) is 5.41 Å². The second kappa shape index (κ2) is 3.24. The average molecular weight is 216 g/mol. The molecule has 0 aromatic heterocycles. The molecule has 0 radical (unpaired) electrons. The maximum atomic E-state index is 5.89. The molecule has 86 valence electrons. The average Bonchev–Trinajstić information content (AvgIpc) is 2.98. The number of benzene rings is 1. The van der Waals surface area contributed by atoms with Crippen LogP contribution in [-0.2, 0) is 12.0 Å². The van der Waals surface area contributed by atoms with E-state index in [2.05, 4.69) is 30.9 Å². The summed E-state index contributed by atoms with van der Waals surface area (Å²) in [5, 5.41) is 0. The van der Waals surface area contributed by atoms with E-state index >= 15 is 0 Å². The molecule has 2 aliphatic rings. The first-order valence-corrected chi connectivity index (χ1v) is 6.19. The highest BCUT2D eigenvalue weighted by molar-refractivity contribution is 5.48. The Hall–Kier alpha value is -1.02. The van der Waals surface area contributed by atoms with Gasteiger partial charge in [-0.05, 0) is 36.1 Å². The lowest BCUT2D eigenvalue weighted by molar-refractivity contribution is 0.185. The van der Waals surface area contributed by atoms with Crippen molar-refractivity contribution in [1.29, 1.82) is 0 Å². The molecule has 2 N–H and O–H groups in total. The molecular weight excluding hydrogens is 196 g/mol. The number of nitrogens with two attached hydrogens (primary N) is 1. The van der Waals surface area contributed by atoms with E-state index in [1.54, 1.807) is 0 Å². The predicted octanol–water partition coefficient (Wildman–Crippen LogP) is 2.52. The van der Waals surface area contributed by atoms with Crippen LogP contribution in [0.15, 0.2) is 18.2 Å². The van der Waals surface area contributed by atoms with Gasteiger partial charge in [-0.2, -0.15) is 0 Å². The summed E-state index contributed by atoms with van der Waals surface area (Å²) in [5.41, 5.74) is 9.97. The molecule has 1 aromatic rings. The SMILES string of the molecule is CC1(C)CN(C2CC2)Cc2cc(N)ccc21. The minimum Gasteiger partial charge on any atom is -0.399 e. The first-order valence-electron chi connectivity index (χ1n) is 6.19. The van der Waals surface area contributed by atoms with E-state index in [9.17, 15) is 0 Å². The molecular formula is C14H20N2. The Morgan fingerprint density at radius 1 is 1.31 bits per heavy atom. The van der Waals surface area contributed by atoms with Crippen LogP contribution in [0, 0.1) is 0 Å². The number of hydrogen-bond acceptors (Lipinski definition) is 2. The predicted molar refractivity (Wildman–Crippen MR) is 67.3 cm³/mol. The third-order valence-corrected chi connectivity index (χ3v) is 3.89. The van der Waals surface area contributed by atoms with Crippen LogP contribution in [0.5, 0.6) is 0 Å². The van der Waals surface area contributed by atoms with Gasteiger partial charge in [0.25, 0.3) is 0 Å². The summed E-state index contributed by atoms with van der Waals surface area (Å²) in [6.07, 6.45) is 2.77.